The van der Waals surface area contributed by atoms with Gasteiger partial charge in [-0.15, -0.1) is 0 Å². The highest BCUT2D eigenvalue weighted by Gasteiger charge is 2.19. The minimum Gasteiger partial charge on any atom is -0.396 e. The van der Waals surface area contributed by atoms with Crippen LogP contribution >= 0.6 is 0 Å². The Hall–Kier alpha value is -1.03. The van der Waals surface area contributed by atoms with Gasteiger partial charge in [-0.2, -0.15) is 0 Å². The van der Waals surface area contributed by atoms with E-state index in [4.69, 9.17) is 10.3 Å². The number of aliphatic hydroxyl groups excluding tert-OH is 1. The van der Waals surface area contributed by atoms with Crippen molar-refractivity contribution in [3.05, 3.63) is 22.6 Å². The van der Waals surface area contributed by atoms with Crippen molar-refractivity contribution >= 4 is 0 Å². The van der Waals surface area contributed by atoms with E-state index in [1.807, 2.05) is 0 Å². The summed E-state index contributed by atoms with van der Waals surface area (Å²) in [7, 11) is 0. The van der Waals surface area contributed by atoms with E-state index in [2.05, 4.69) is 36.0 Å². The smallest absolute Gasteiger partial charge is 0.0867 e. The third kappa shape index (κ3) is 8.12. The van der Waals surface area contributed by atoms with Gasteiger partial charge < -0.3 is 9.84 Å². The first-order chi connectivity index (χ1) is 8.79. The second-order valence-electron chi connectivity index (χ2n) is 4.17. The first-order valence-electron chi connectivity index (χ1n) is 6.71. The van der Waals surface area contributed by atoms with Crippen molar-refractivity contribution in [1.82, 2.24) is 0 Å². The maximum absolute atomic E-state index is 9.22. The predicted octanol–water partition coefficient (Wildman–Crippen LogP) is 3.59. The standard InChI is InChI=1S/C13H25N3O2/c1-3-5-7-8-9-13(18-10-6-4-2)12(11-17)15-16-14/h5,7,12-13,17H,3-4,6,8-11H2,1-2H3/b7-5+/t12-,13+/m0/s1. The predicted molar refractivity (Wildman–Crippen MR) is 73.3 cm³/mol. The summed E-state index contributed by atoms with van der Waals surface area (Å²) < 4.78 is 5.71. The summed E-state index contributed by atoms with van der Waals surface area (Å²) >= 11 is 0. The average molecular weight is 255 g/mol. The normalized spacial score (nSPS) is 14.4. The quantitative estimate of drug-likeness (QED) is 0.201. The molecule has 0 bridgehead atoms. The fraction of sp³-hybridized carbons (Fsp3) is 0.846. The van der Waals surface area contributed by atoms with Gasteiger partial charge in [0.05, 0.1) is 18.8 Å². The van der Waals surface area contributed by atoms with Gasteiger partial charge in [0.1, 0.15) is 0 Å². The van der Waals surface area contributed by atoms with Crippen LogP contribution in [-0.2, 0) is 4.74 Å². The van der Waals surface area contributed by atoms with Crippen LogP contribution in [0.2, 0.25) is 0 Å². The number of nitrogens with zero attached hydrogens (tertiary/aromatic N) is 3. The van der Waals surface area contributed by atoms with Crippen molar-refractivity contribution < 1.29 is 9.84 Å². The largest absolute Gasteiger partial charge is 0.396 e. The lowest BCUT2D eigenvalue weighted by atomic mass is 10.1. The highest BCUT2D eigenvalue weighted by Crippen LogP contribution is 2.13. The summed E-state index contributed by atoms with van der Waals surface area (Å²) in [6.45, 7) is 4.66. The Morgan fingerprint density at radius 3 is 2.72 bits per heavy atom. The van der Waals surface area contributed by atoms with E-state index < -0.39 is 6.04 Å². The fourth-order valence-electron chi connectivity index (χ4n) is 1.61. The summed E-state index contributed by atoms with van der Waals surface area (Å²) in [4.78, 5) is 2.77. The van der Waals surface area contributed by atoms with Gasteiger partial charge in [0.2, 0.25) is 0 Å². The highest BCUT2D eigenvalue weighted by molar-refractivity contribution is 4.84. The van der Waals surface area contributed by atoms with E-state index in [1.54, 1.807) is 0 Å². The molecule has 5 nitrogen and oxygen atoms in total. The fourth-order valence-corrected chi connectivity index (χ4v) is 1.61. The second-order valence-corrected chi connectivity index (χ2v) is 4.17. The zero-order chi connectivity index (χ0) is 13.6. The van der Waals surface area contributed by atoms with Gasteiger partial charge in [0.15, 0.2) is 0 Å². The van der Waals surface area contributed by atoms with Crippen LogP contribution in [0, 0.1) is 0 Å². The molecule has 104 valence electrons. The summed E-state index contributed by atoms with van der Waals surface area (Å²) in [5.74, 6) is 0. The number of allylic oxidation sites excluding steroid dienone is 2. The molecule has 0 saturated heterocycles. The molecular weight excluding hydrogens is 230 g/mol. The minimum absolute atomic E-state index is 0.168. The van der Waals surface area contributed by atoms with Crippen molar-refractivity contribution in [2.45, 2.75) is 58.1 Å². The van der Waals surface area contributed by atoms with Crippen LogP contribution in [0.15, 0.2) is 17.3 Å². The van der Waals surface area contributed by atoms with Crippen LogP contribution in [0.5, 0.6) is 0 Å². The Morgan fingerprint density at radius 1 is 1.39 bits per heavy atom. The maximum atomic E-state index is 9.22. The molecular formula is C13H25N3O2. The first-order valence-corrected chi connectivity index (χ1v) is 6.71. The number of ether oxygens (including phenoxy) is 1. The summed E-state index contributed by atoms with van der Waals surface area (Å²) in [5.41, 5.74) is 8.48. The van der Waals surface area contributed by atoms with Crippen molar-refractivity contribution in [1.29, 1.82) is 0 Å². The van der Waals surface area contributed by atoms with Crippen LogP contribution in [0.4, 0.5) is 0 Å². The van der Waals surface area contributed by atoms with E-state index in [0.29, 0.717) is 6.61 Å². The third-order valence-electron chi connectivity index (χ3n) is 2.67. The van der Waals surface area contributed by atoms with Gasteiger partial charge in [0.25, 0.3) is 0 Å². The molecule has 0 spiro atoms. The van der Waals surface area contributed by atoms with E-state index in [9.17, 15) is 5.11 Å². The van der Waals surface area contributed by atoms with Crippen LogP contribution in [0.25, 0.3) is 10.4 Å². The number of aliphatic hydroxyl groups is 1. The molecule has 18 heavy (non-hydrogen) atoms. The van der Waals surface area contributed by atoms with Crippen LogP contribution in [0.1, 0.15) is 46.0 Å². The Labute approximate surface area is 109 Å². The molecule has 0 amide bonds. The maximum Gasteiger partial charge on any atom is 0.0867 e. The van der Waals surface area contributed by atoms with Gasteiger partial charge in [-0.1, -0.05) is 37.5 Å². The minimum atomic E-state index is -0.484. The van der Waals surface area contributed by atoms with Gasteiger partial charge >= 0.3 is 0 Å². The molecule has 0 aliphatic heterocycles. The average Bonchev–Trinajstić information content (AvgIpc) is 2.39. The lowest BCUT2D eigenvalue weighted by Gasteiger charge is -2.22. The monoisotopic (exact) mass is 255 g/mol. The van der Waals surface area contributed by atoms with Gasteiger partial charge in [0, 0.05) is 11.5 Å². The van der Waals surface area contributed by atoms with Crippen molar-refractivity contribution in [3.63, 3.8) is 0 Å². The van der Waals surface area contributed by atoms with Gasteiger partial charge in [-0.3, -0.25) is 0 Å². The molecule has 0 saturated carbocycles. The van der Waals surface area contributed by atoms with Crippen molar-refractivity contribution in [2.24, 2.45) is 5.11 Å². The molecule has 0 aromatic rings. The molecule has 1 N–H and O–H groups in total. The Morgan fingerprint density at radius 2 is 2.17 bits per heavy atom. The molecule has 0 fully saturated rings. The third-order valence-corrected chi connectivity index (χ3v) is 2.67. The van der Waals surface area contributed by atoms with Gasteiger partial charge in [-0.25, -0.2) is 0 Å². The van der Waals surface area contributed by atoms with Crippen LogP contribution in [0.3, 0.4) is 0 Å². The van der Waals surface area contributed by atoms with E-state index in [-0.39, 0.29) is 12.7 Å². The van der Waals surface area contributed by atoms with Crippen LogP contribution < -0.4 is 0 Å². The topological polar surface area (TPSA) is 78.2 Å². The highest BCUT2D eigenvalue weighted by atomic mass is 16.5. The Balaban J connectivity index is 4.29. The molecule has 0 aromatic carbocycles. The second kappa shape index (κ2) is 12.4. The SMILES string of the molecule is CC/C=C/CC[C@@H](OCCCC)[C@H](CO)N=[N+]=[N-]. The molecule has 2 atom stereocenters. The van der Waals surface area contributed by atoms with E-state index >= 15 is 0 Å². The van der Waals surface area contributed by atoms with E-state index in [1.165, 1.54) is 0 Å². The lowest BCUT2D eigenvalue weighted by Crippen LogP contribution is -2.30. The number of azide groups is 1. The molecule has 0 unspecified atom stereocenters. The number of hydrogen-bond donors (Lipinski definition) is 1. The molecule has 0 radical (unpaired) electrons. The first kappa shape index (κ1) is 17.0. The molecule has 5 heteroatoms. The summed E-state index contributed by atoms with van der Waals surface area (Å²) in [6.07, 6.45) is 8.71. The van der Waals surface area contributed by atoms with Gasteiger partial charge in [-0.05, 0) is 31.2 Å². The van der Waals surface area contributed by atoms with Crippen LogP contribution in [-0.4, -0.2) is 30.5 Å². The molecule has 0 aliphatic rings. The van der Waals surface area contributed by atoms with Crippen molar-refractivity contribution in [2.75, 3.05) is 13.2 Å². The molecule has 0 aromatic heterocycles. The zero-order valence-electron chi connectivity index (χ0n) is 11.5. The van der Waals surface area contributed by atoms with Crippen molar-refractivity contribution in [3.8, 4) is 0 Å². The molecule has 0 rings (SSSR count). The lowest BCUT2D eigenvalue weighted by molar-refractivity contribution is 0.0156. The Kier molecular flexibility index (Phi) is 11.7. The molecule has 0 aliphatic carbocycles. The molecule has 0 heterocycles. The number of unbranched alkanes of at least 4 members (excludes halogenated alkanes) is 1. The summed E-state index contributed by atoms with van der Waals surface area (Å²) in [6, 6.07) is -0.484. The zero-order valence-corrected chi connectivity index (χ0v) is 11.5. The Bertz CT molecular complexity index is 263. The van der Waals surface area contributed by atoms with E-state index in [0.717, 1.165) is 32.1 Å². The summed E-state index contributed by atoms with van der Waals surface area (Å²) in [5, 5.41) is 12.8. The number of hydrogen-bond acceptors (Lipinski definition) is 3. The number of rotatable bonds is 11.